The molecule has 2 atom stereocenters. The number of hydrogen-bond acceptors (Lipinski definition) is 3. The van der Waals surface area contributed by atoms with Crippen LogP contribution in [0.1, 0.15) is 76.1 Å². The first-order valence-electron chi connectivity index (χ1n) is 11.1. The van der Waals surface area contributed by atoms with E-state index < -0.39 is 11.9 Å². The molecule has 0 saturated heterocycles. The zero-order valence-electron chi connectivity index (χ0n) is 18.7. The van der Waals surface area contributed by atoms with Crippen molar-refractivity contribution in [3.63, 3.8) is 0 Å². The molecule has 0 N–H and O–H groups in total. The van der Waals surface area contributed by atoms with Crippen molar-refractivity contribution in [1.29, 1.82) is 0 Å². The summed E-state index contributed by atoms with van der Waals surface area (Å²) >= 11 is 0. The van der Waals surface area contributed by atoms with Crippen LogP contribution in [-0.2, 0) is 9.53 Å². The molecule has 2 aromatic carbocycles. The Morgan fingerprint density at radius 2 is 1.53 bits per heavy atom. The number of benzene rings is 2. The summed E-state index contributed by atoms with van der Waals surface area (Å²) in [4.78, 5) is 25.4. The fraction of sp³-hybridized carbons (Fsp3) is 0.444. The van der Waals surface area contributed by atoms with Gasteiger partial charge in [-0.1, -0.05) is 88.9 Å². The Hall–Kier alpha value is -2.42. The van der Waals surface area contributed by atoms with Gasteiger partial charge in [0, 0.05) is 0 Å². The second-order valence-electron chi connectivity index (χ2n) is 8.61. The summed E-state index contributed by atoms with van der Waals surface area (Å²) in [6, 6.07) is 17.1. The number of hydrogen-bond donors (Lipinski definition) is 0. The van der Waals surface area contributed by atoms with Gasteiger partial charge in [-0.05, 0) is 54.9 Å². The molecule has 2 unspecified atom stereocenters. The van der Waals surface area contributed by atoms with Gasteiger partial charge in [-0.2, -0.15) is 0 Å². The molecule has 0 bridgehead atoms. The number of unbranched alkanes of at least 4 members (excludes halogenated alkanes) is 2. The third-order valence-electron chi connectivity index (χ3n) is 5.53. The largest absolute Gasteiger partial charge is 0.389 e. The molecule has 30 heavy (non-hydrogen) atoms. The predicted octanol–water partition coefficient (Wildman–Crippen LogP) is 7.26. The highest BCUT2D eigenvalue weighted by Crippen LogP contribution is 2.33. The second kappa shape index (κ2) is 11.7. The van der Waals surface area contributed by atoms with Gasteiger partial charge in [0.15, 0.2) is 0 Å². The van der Waals surface area contributed by atoms with E-state index in [4.69, 9.17) is 4.74 Å². The van der Waals surface area contributed by atoms with E-state index in [0.29, 0.717) is 12.0 Å². The lowest BCUT2D eigenvalue weighted by molar-refractivity contribution is -0.144. The zero-order chi connectivity index (χ0) is 22.0. The van der Waals surface area contributed by atoms with Gasteiger partial charge in [0.25, 0.3) is 0 Å². The Morgan fingerprint density at radius 1 is 0.933 bits per heavy atom. The zero-order valence-corrected chi connectivity index (χ0v) is 18.7. The molecule has 3 nitrogen and oxygen atoms in total. The Kier molecular flexibility index (Phi) is 9.29. The maximum Gasteiger partial charge on any atom is 0.345 e. The molecule has 0 saturated carbocycles. The molecule has 0 amide bonds. The summed E-state index contributed by atoms with van der Waals surface area (Å²) in [5.41, 5.74) is 2.30. The summed E-state index contributed by atoms with van der Waals surface area (Å²) in [6.07, 6.45) is 6.47. The molecular formula is C27H35O3. The minimum absolute atomic E-state index is 0.187. The Morgan fingerprint density at radius 3 is 2.13 bits per heavy atom. The van der Waals surface area contributed by atoms with Crippen molar-refractivity contribution in [3.8, 4) is 11.1 Å². The van der Waals surface area contributed by atoms with Gasteiger partial charge in [-0.15, -0.1) is 0 Å². The van der Waals surface area contributed by atoms with Crippen LogP contribution in [0.4, 0.5) is 0 Å². The third-order valence-corrected chi connectivity index (χ3v) is 5.53. The van der Waals surface area contributed by atoms with Crippen molar-refractivity contribution in [2.75, 3.05) is 0 Å². The van der Waals surface area contributed by atoms with E-state index in [0.717, 1.165) is 49.7 Å². The molecule has 0 aliphatic carbocycles. The maximum atomic E-state index is 12.8. The van der Waals surface area contributed by atoms with Gasteiger partial charge < -0.3 is 4.74 Å². The van der Waals surface area contributed by atoms with E-state index in [2.05, 4.69) is 27.7 Å². The van der Waals surface area contributed by atoms with Gasteiger partial charge in [-0.3, -0.25) is 4.79 Å². The van der Waals surface area contributed by atoms with E-state index in [9.17, 15) is 9.59 Å². The van der Waals surface area contributed by atoms with Gasteiger partial charge in [0.2, 0.25) is 0 Å². The number of rotatable bonds is 11. The average molecular weight is 408 g/mol. The summed E-state index contributed by atoms with van der Waals surface area (Å²) in [5, 5.41) is 0. The van der Waals surface area contributed by atoms with Crippen LogP contribution in [0.15, 0.2) is 54.6 Å². The Bertz CT molecular complexity index is 791. The van der Waals surface area contributed by atoms with E-state index in [1.165, 1.54) is 0 Å². The van der Waals surface area contributed by atoms with Crippen LogP contribution in [0.3, 0.4) is 0 Å². The molecule has 1 radical (unpaired) electrons. The fourth-order valence-electron chi connectivity index (χ4n) is 3.72. The summed E-state index contributed by atoms with van der Waals surface area (Å²) in [7, 11) is 0. The summed E-state index contributed by atoms with van der Waals surface area (Å²) in [6.45, 7) is 10.7. The van der Waals surface area contributed by atoms with E-state index in [1.54, 1.807) is 12.1 Å². The first-order chi connectivity index (χ1) is 14.4. The lowest BCUT2D eigenvalue weighted by atomic mass is 9.77. The van der Waals surface area contributed by atoms with Gasteiger partial charge in [0.1, 0.15) is 0 Å². The first kappa shape index (κ1) is 23.9. The normalized spacial score (nSPS) is 12.4. The molecule has 2 aromatic rings. The van der Waals surface area contributed by atoms with Crippen molar-refractivity contribution in [3.05, 3.63) is 67.1 Å². The van der Waals surface area contributed by atoms with E-state index >= 15 is 0 Å². The topological polar surface area (TPSA) is 43.4 Å². The van der Waals surface area contributed by atoms with Crippen LogP contribution in [0, 0.1) is 18.3 Å². The molecular weight excluding hydrogens is 372 g/mol. The van der Waals surface area contributed by atoms with E-state index in [1.807, 2.05) is 42.5 Å². The van der Waals surface area contributed by atoms with Crippen molar-refractivity contribution in [2.45, 2.75) is 65.7 Å². The minimum Gasteiger partial charge on any atom is -0.389 e. The molecule has 161 valence electrons. The number of carbonyl (C=O) groups excluding carboxylic acids is 2. The molecule has 0 fully saturated rings. The standard InChI is InChI=1S/C27H35O3/c1-5-7-12-24(20-27(3,4)19-8-6-2)26(29)30-25(28)23-17-15-22(16-18-23)21-13-10-9-11-14-21/h9-11,13-18,24H,3,5-8,12,19-20H2,1-2,4H3. The summed E-state index contributed by atoms with van der Waals surface area (Å²) in [5.74, 6) is -1.30. The Balaban J connectivity index is 2.03. The van der Waals surface area contributed by atoms with Crippen molar-refractivity contribution in [1.82, 2.24) is 0 Å². The van der Waals surface area contributed by atoms with Gasteiger partial charge >= 0.3 is 11.9 Å². The number of esters is 2. The highest BCUT2D eigenvalue weighted by molar-refractivity contribution is 5.97. The number of carbonyl (C=O) groups is 2. The first-order valence-corrected chi connectivity index (χ1v) is 11.1. The smallest absolute Gasteiger partial charge is 0.345 e. The predicted molar refractivity (Wildman–Crippen MR) is 123 cm³/mol. The van der Waals surface area contributed by atoms with Crippen molar-refractivity contribution < 1.29 is 14.3 Å². The highest BCUT2D eigenvalue weighted by atomic mass is 16.6. The quantitative estimate of drug-likeness (QED) is 0.291. The van der Waals surface area contributed by atoms with Crippen molar-refractivity contribution >= 4 is 11.9 Å². The SMILES string of the molecule is [CH2]C(C)(CCCC)CC(CCCC)C(=O)OC(=O)c1ccc(-c2ccccc2)cc1. The molecule has 2 rings (SSSR count). The fourth-order valence-corrected chi connectivity index (χ4v) is 3.72. The number of ether oxygens (including phenoxy) is 1. The molecule has 0 aliphatic heterocycles. The van der Waals surface area contributed by atoms with Crippen LogP contribution in [0.2, 0.25) is 0 Å². The van der Waals surface area contributed by atoms with Crippen molar-refractivity contribution in [2.24, 2.45) is 11.3 Å². The van der Waals surface area contributed by atoms with Gasteiger partial charge in [-0.25, -0.2) is 4.79 Å². The third kappa shape index (κ3) is 7.44. The summed E-state index contributed by atoms with van der Waals surface area (Å²) < 4.78 is 5.29. The Labute approximate surface area is 181 Å². The van der Waals surface area contributed by atoms with Crippen LogP contribution in [-0.4, -0.2) is 11.9 Å². The molecule has 0 heterocycles. The lowest BCUT2D eigenvalue weighted by Crippen LogP contribution is -2.27. The van der Waals surface area contributed by atoms with E-state index in [-0.39, 0.29) is 11.3 Å². The molecule has 3 heteroatoms. The molecule has 0 aliphatic rings. The van der Waals surface area contributed by atoms with Crippen LogP contribution >= 0.6 is 0 Å². The van der Waals surface area contributed by atoms with Crippen LogP contribution < -0.4 is 0 Å². The van der Waals surface area contributed by atoms with Crippen LogP contribution in [0.25, 0.3) is 11.1 Å². The molecule has 0 aromatic heterocycles. The van der Waals surface area contributed by atoms with Gasteiger partial charge in [0.05, 0.1) is 11.5 Å². The minimum atomic E-state index is -0.583. The second-order valence-corrected chi connectivity index (χ2v) is 8.61. The highest BCUT2D eigenvalue weighted by Gasteiger charge is 2.30. The molecule has 0 spiro atoms. The monoisotopic (exact) mass is 407 g/mol. The average Bonchev–Trinajstić information content (AvgIpc) is 2.75. The van der Waals surface area contributed by atoms with Crippen LogP contribution in [0.5, 0.6) is 0 Å². The lowest BCUT2D eigenvalue weighted by Gasteiger charge is -2.28. The maximum absolute atomic E-state index is 12.8.